The number of amides is 1. The molecule has 3 aromatic rings. The summed E-state index contributed by atoms with van der Waals surface area (Å²) in [6.07, 6.45) is -3.40. The molecule has 1 aromatic carbocycles. The van der Waals surface area contributed by atoms with E-state index in [9.17, 15) is 18.0 Å². The Kier molecular flexibility index (Phi) is 4.06. The van der Waals surface area contributed by atoms with Crippen LogP contribution in [0.2, 0.25) is 5.02 Å². The second-order valence-corrected chi connectivity index (χ2v) is 6.02. The van der Waals surface area contributed by atoms with E-state index in [1.54, 1.807) is 0 Å². The predicted octanol–water partition coefficient (Wildman–Crippen LogP) is 4.20. The number of hydrogen-bond acceptors (Lipinski definition) is 5. The van der Waals surface area contributed by atoms with Gasteiger partial charge in [-0.05, 0) is 18.2 Å². The molecule has 124 valence electrons. The zero-order chi connectivity index (χ0) is 17.5. The summed E-state index contributed by atoms with van der Waals surface area (Å²) >= 11 is 6.73. The van der Waals surface area contributed by atoms with Crippen LogP contribution in [0.15, 0.2) is 29.9 Å². The van der Waals surface area contributed by atoms with Gasteiger partial charge in [0.2, 0.25) is 0 Å². The fourth-order valence-electron chi connectivity index (χ4n) is 2.05. The highest BCUT2D eigenvalue weighted by Crippen LogP contribution is 2.36. The van der Waals surface area contributed by atoms with Gasteiger partial charge >= 0.3 is 6.18 Å². The second kappa shape index (κ2) is 5.91. The Bertz CT molecular complexity index is 941. The van der Waals surface area contributed by atoms with E-state index in [4.69, 9.17) is 17.3 Å². The van der Waals surface area contributed by atoms with Gasteiger partial charge in [-0.25, -0.2) is 9.97 Å². The third-order valence-corrected chi connectivity index (χ3v) is 4.48. The number of nitrogen functional groups attached to an aromatic ring is 1. The minimum absolute atomic E-state index is 0.0295. The summed E-state index contributed by atoms with van der Waals surface area (Å²) in [4.78, 5) is 20.1. The number of anilines is 2. The molecule has 3 rings (SSSR count). The largest absolute Gasteiger partial charge is 0.417 e. The fourth-order valence-corrected chi connectivity index (χ4v) is 3.18. The molecule has 0 saturated carbocycles. The maximum absolute atomic E-state index is 12.9. The Labute approximate surface area is 142 Å². The fraction of sp³-hybridized carbons (Fsp3) is 0.0714. The van der Waals surface area contributed by atoms with Crippen LogP contribution in [0.1, 0.15) is 15.9 Å². The first-order chi connectivity index (χ1) is 11.3. The van der Waals surface area contributed by atoms with Crippen LogP contribution in [0.4, 0.5) is 24.7 Å². The van der Waals surface area contributed by atoms with E-state index in [1.807, 2.05) is 0 Å². The highest BCUT2D eigenvalue weighted by Gasteiger charge is 2.33. The van der Waals surface area contributed by atoms with Crippen molar-refractivity contribution in [3.05, 3.63) is 46.1 Å². The number of fused-ring (bicyclic) bond motifs is 1. The average molecular weight is 373 g/mol. The van der Waals surface area contributed by atoms with Gasteiger partial charge in [-0.15, -0.1) is 11.3 Å². The zero-order valence-corrected chi connectivity index (χ0v) is 13.3. The first-order valence-electron chi connectivity index (χ1n) is 6.43. The molecule has 2 aromatic heterocycles. The Morgan fingerprint density at radius 3 is 2.75 bits per heavy atom. The lowest BCUT2D eigenvalue weighted by Gasteiger charge is -2.11. The summed E-state index contributed by atoms with van der Waals surface area (Å²) in [6, 6.07) is 3.14. The van der Waals surface area contributed by atoms with Gasteiger partial charge in [0.25, 0.3) is 5.91 Å². The number of rotatable bonds is 2. The van der Waals surface area contributed by atoms with E-state index >= 15 is 0 Å². The molecule has 0 radical (unpaired) electrons. The first kappa shape index (κ1) is 16.5. The quantitative estimate of drug-likeness (QED) is 0.706. The molecule has 0 aliphatic rings. The lowest BCUT2D eigenvalue weighted by atomic mass is 10.2. The number of carbonyl (C=O) groups excluding carboxylic acids is 1. The van der Waals surface area contributed by atoms with Gasteiger partial charge in [-0.2, -0.15) is 13.2 Å². The van der Waals surface area contributed by atoms with Crippen molar-refractivity contribution < 1.29 is 18.0 Å². The van der Waals surface area contributed by atoms with Crippen molar-refractivity contribution in [2.75, 3.05) is 11.1 Å². The van der Waals surface area contributed by atoms with Crippen molar-refractivity contribution in [3.8, 4) is 0 Å². The molecule has 0 bridgehead atoms. The Morgan fingerprint density at radius 2 is 2.04 bits per heavy atom. The monoisotopic (exact) mass is 372 g/mol. The molecule has 10 heteroatoms. The number of alkyl halides is 3. The Hall–Kier alpha value is -2.39. The first-order valence-corrected chi connectivity index (χ1v) is 7.69. The molecule has 0 unspecified atom stereocenters. The SMILES string of the molecule is Nc1ncnc2c(C(=O)Nc3ccc(Cl)c(C(F)(F)F)c3)csc12. The Balaban J connectivity index is 1.94. The summed E-state index contributed by atoms with van der Waals surface area (Å²) in [6.45, 7) is 0. The number of halogens is 4. The molecule has 0 atom stereocenters. The molecule has 0 spiro atoms. The maximum atomic E-state index is 12.9. The normalized spacial score (nSPS) is 11.7. The molecule has 2 heterocycles. The van der Waals surface area contributed by atoms with Crippen LogP contribution in [-0.2, 0) is 6.18 Å². The summed E-state index contributed by atoms with van der Waals surface area (Å²) < 4.78 is 39.1. The van der Waals surface area contributed by atoms with E-state index in [0.717, 1.165) is 12.1 Å². The number of hydrogen-bond donors (Lipinski definition) is 2. The number of nitrogens with two attached hydrogens (primary N) is 1. The van der Waals surface area contributed by atoms with Crippen molar-refractivity contribution in [2.45, 2.75) is 6.18 Å². The van der Waals surface area contributed by atoms with Gasteiger partial charge in [0.1, 0.15) is 12.1 Å². The second-order valence-electron chi connectivity index (χ2n) is 4.73. The smallest absolute Gasteiger partial charge is 0.382 e. The van der Waals surface area contributed by atoms with E-state index in [-0.39, 0.29) is 17.1 Å². The zero-order valence-electron chi connectivity index (χ0n) is 11.7. The molecular formula is C14H8ClF3N4OS. The van der Waals surface area contributed by atoms with Crippen LogP contribution in [0.3, 0.4) is 0 Å². The molecule has 5 nitrogen and oxygen atoms in total. The average Bonchev–Trinajstić information content (AvgIpc) is 2.93. The minimum Gasteiger partial charge on any atom is -0.382 e. The molecule has 0 aliphatic carbocycles. The molecular weight excluding hydrogens is 365 g/mol. The predicted molar refractivity (Wildman–Crippen MR) is 86.2 cm³/mol. The minimum atomic E-state index is -4.62. The number of benzene rings is 1. The van der Waals surface area contributed by atoms with E-state index < -0.39 is 22.7 Å². The molecule has 0 aliphatic heterocycles. The molecule has 1 amide bonds. The summed E-state index contributed by atoms with van der Waals surface area (Å²) in [7, 11) is 0. The van der Waals surface area contributed by atoms with Crippen molar-refractivity contribution in [3.63, 3.8) is 0 Å². The number of thiophene rings is 1. The van der Waals surface area contributed by atoms with Gasteiger partial charge in [-0.1, -0.05) is 11.6 Å². The summed E-state index contributed by atoms with van der Waals surface area (Å²) in [5.41, 5.74) is 5.18. The van der Waals surface area contributed by atoms with Crippen molar-refractivity contribution in [1.29, 1.82) is 0 Å². The van der Waals surface area contributed by atoms with Gasteiger partial charge in [0.05, 0.1) is 26.4 Å². The number of aromatic nitrogens is 2. The van der Waals surface area contributed by atoms with Crippen LogP contribution in [-0.4, -0.2) is 15.9 Å². The third-order valence-electron chi connectivity index (χ3n) is 3.16. The molecule has 0 saturated heterocycles. The van der Waals surface area contributed by atoms with Crippen molar-refractivity contribution >= 4 is 50.6 Å². The number of nitrogens with zero attached hydrogens (tertiary/aromatic N) is 2. The van der Waals surface area contributed by atoms with Gasteiger partial charge < -0.3 is 11.1 Å². The number of carbonyl (C=O) groups is 1. The highest BCUT2D eigenvalue weighted by atomic mass is 35.5. The van der Waals surface area contributed by atoms with Crippen LogP contribution in [0, 0.1) is 0 Å². The summed E-state index contributed by atoms with van der Waals surface area (Å²) in [5, 5.41) is 3.48. The highest BCUT2D eigenvalue weighted by molar-refractivity contribution is 7.18. The van der Waals surface area contributed by atoms with Gasteiger partial charge in [-0.3, -0.25) is 4.79 Å². The molecule has 3 N–H and O–H groups in total. The van der Waals surface area contributed by atoms with Crippen LogP contribution in [0.25, 0.3) is 10.2 Å². The van der Waals surface area contributed by atoms with Gasteiger partial charge in [0.15, 0.2) is 0 Å². The summed E-state index contributed by atoms with van der Waals surface area (Å²) in [5.74, 6) is -0.371. The Morgan fingerprint density at radius 1 is 1.29 bits per heavy atom. The van der Waals surface area contributed by atoms with E-state index in [1.165, 1.54) is 29.1 Å². The molecule has 24 heavy (non-hydrogen) atoms. The van der Waals surface area contributed by atoms with Crippen molar-refractivity contribution in [2.24, 2.45) is 0 Å². The third kappa shape index (κ3) is 3.00. The molecule has 0 fully saturated rings. The van der Waals surface area contributed by atoms with Crippen LogP contribution in [0.5, 0.6) is 0 Å². The number of nitrogens with one attached hydrogen (secondary N) is 1. The van der Waals surface area contributed by atoms with E-state index in [0.29, 0.717) is 10.2 Å². The maximum Gasteiger partial charge on any atom is 0.417 e. The van der Waals surface area contributed by atoms with Gasteiger partial charge in [0, 0.05) is 11.1 Å². The van der Waals surface area contributed by atoms with E-state index in [2.05, 4.69) is 15.3 Å². The van der Waals surface area contributed by atoms with Crippen LogP contribution < -0.4 is 11.1 Å². The van der Waals surface area contributed by atoms with Crippen molar-refractivity contribution in [1.82, 2.24) is 9.97 Å². The lowest BCUT2D eigenvalue weighted by Crippen LogP contribution is -2.13. The standard InChI is InChI=1S/C14H8ClF3N4OS/c15-9-2-1-6(3-8(9)14(16,17)18)22-13(23)7-4-24-11-10(7)20-5-21-12(11)19/h1-5H,(H,22,23)(H2,19,20,21). The topological polar surface area (TPSA) is 80.9 Å². The lowest BCUT2D eigenvalue weighted by molar-refractivity contribution is -0.137. The van der Waals surface area contributed by atoms with Crippen LogP contribution >= 0.6 is 22.9 Å².